The average molecular weight is 463 g/mol. The number of rotatable bonds is 9. The van der Waals surface area contributed by atoms with Crippen molar-refractivity contribution < 1.29 is 23.5 Å². The van der Waals surface area contributed by atoms with Gasteiger partial charge in [-0.15, -0.1) is 0 Å². The van der Waals surface area contributed by atoms with Crippen molar-refractivity contribution in [3.63, 3.8) is 0 Å². The van der Waals surface area contributed by atoms with Crippen molar-refractivity contribution >= 4 is 11.8 Å². The first-order valence-corrected chi connectivity index (χ1v) is 11.5. The van der Waals surface area contributed by atoms with Crippen LogP contribution in [0.2, 0.25) is 0 Å². The number of hydrogen-bond acceptors (Lipinski definition) is 5. The largest absolute Gasteiger partial charge is 0.493 e. The fourth-order valence-corrected chi connectivity index (χ4v) is 4.36. The topological polar surface area (TPSA) is 72.2 Å². The van der Waals surface area contributed by atoms with Gasteiger partial charge in [0, 0.05) is 26.1 Å². The molecule has 2 heterocycles. The fourth-order valence-electron chi connectivity index (χ4n) is 4.36. The number of methoxy groups -OCH3 is 2. The Morgan fingerprint density at radius 2 is 1.68 bits per heavy atom. The number of benzene rings is 2. The lowest BCUT2D eigenvalue weighted by molar-refractivity contribution is -0.135. The van der Waals surface area contributed by atoms with Crippen LogP contribution in [0.25, 0.3) is 0 Å². The number of ether oxygens (including phenoxy) is 2. The molecule has 0 N–H and O–H groups in total. The fraction of sp³-hybridized carbons (Fsp3) is 0.333. The third-order valence-corrected chi connectivity index (χ3v) is 6.14. The summed E-state index contributed by atoms with van der Waals surface area (Å²) in [5.74, 6) is 1.00. The molecule has 3 aromatic rings. The van der Waals surface area contributed by atoms with Gasteiger partial charge in [0.05, 0.1) is 20.5 Å². The van der Waals surface area contributed by atoms with E-state index < -0.39 is 6.04 Å². The number of hydrogen-bond donors (Lipinski definition) is 0. The van der Waals surface area contributed by atoms with E-state index in [1.807, 2.05) is 47.4 Å². The number of likely N-dealkylation sites (tertiary alicyclic amines) is 1. The molecule has 0 bridgehead atoms. The Morgan fingerprint density at radius 3 is 2.32 bits per heavy atom. The first kappa shape index (κ1) is 23.4. The molecule has 1 aromatic heterocycles. The van der Waals surface area contributed by atoms with Crippen molar-refractivity contribution in [2.24, 2.45) is 0 Å². The average Bonchev–Trinajstić information content (AvgIpc) is 3.61. The van der Waals surface area contributed by atoms with E-state index in [2.05, 4.69) is 0 Å². The molecule has 1 fully saturated rings. The van der Waals surface area contributed by atoms with Crippen LogP contribution in [0, 0.1) is 0 Å². The van der Waals surface area contributed by atoms with E-state index in [1.54, 1.807) is 37.3 Å². The highest BCUT2D eigenvalue weighted by atomic mass is 16.5. The van der Waals surface area contributed by atoms with Crippen molar-refractivity contribution in [3.8, 4) is 11.5 Å². The predicted octanol–water partition coefficient (Wildman–Crippen LogP) is 4.17. The zero-order chi connectivity index (χ0) is 23.9. The van der Waals surface area contributed by atoms with Gasteiger partial charge >= 0.3 is 0 Å². The maximum absolute atomic E-state index is 13.7. The summed E-state index contributed by atoms with van der Waals surface area (Å²) in [7, 11) is 3.15. The molecule has 2 amide bonds. The molecular formula is C27H30N2O5. The zero-order valence-electron chi connectivity index (χ0n) is 19.6. The monoisotopic (exact) mass is 462 g/mol. The standard InChI is InChI=1S/C27H30N2O5/c1-32-23-13-12-21(18-25(23)33-2)19-29(27(31)24-11-8-16-34-24)22(17-20-9-4-3-5-10-20)26(30)28-14-6-7-15-28/h3-5,8-13,16,18,22H,6-7,14-15,17,19H2,1-2H3. The van der Waals surface area contributed by atoms with Gasteiger partial charge in [-0.05, 0) is 48.2 Å². The predicted molar refractivity (Wildman–Crippen MR) is 128 cm³/mol. The van der Waals surface area contributed by atoms with Crippen molar-refractivity contribution in [3.05, 3.63) is 83.8 Å². The van der Waals surface area contributed by atoms with E-state index in [0.29, 0.717) is 31.0 Å². The molecular weight excluding hydrogens is 432 g/mol. The van der Waals surface area contributed by atoms with Gasteiger partial charge < -0.3 is 23.7 Å². The van der Waals surface area contributed by atoms with Crippen LogP contribution < -0.4 is 9.47 Å². The lowest BCUT2D eigenvalue weighted by Crippen LogP contribution is -2.51. The maximum Gasteiger partial charge on any atom is 0.290 e. The third-order valence-electron chi connectivity index (χ3n) is 6.14. The highest BCUT2D eigenvalue weighted by Crippen LogP contribution is 2.29. The minimum atomic E-state index is -0.675. The lowest BCUT2D eigenvalue weighted by Gasteiger charge is -2.33. The molecule has 1 atom stereocenters. The summed E-state index contributed by atoms with van der Waals surface area (Å²) >= 11 is 0. The highest BCUT2D eigenvalue weighted by Gasteiger charge is 2.35. The molecule has 4 rings (SSSR count). The molecule has 0 saturated carbocycles. The number of amides is 2. The van der Waals surface area contributed by atoms with E-state index >= 15 is 0 Å². The Morgan fingerprint density at radius 1 is 0.941 bits per heavy atom. The van der Waals surface area contributed by atoms with Crippen LogP contribution in [0.3, 0.4) is 0 Å². The van der Waals surface area contributed by atoms with Crippen LogP contribution in [0.4, 0.5) is 0 Å². The normalized spacial score (nSPS) is 14.0. The Balaban J connectivity index is 1.72. The minimum Gasteiger partial charge on any atom is -0.493 e. The quantitative estimate of drug-likeness (QED) is 0.477. The summed E-state index contributed by atoms with van der Waals surface area (Å²) < 4.78 is 16.2. The number of nitrogens with zero attached hydrogens (tertiary/aromatic N) is 2. The van der Waals surface area contributed by atoms with Crippen LogP contribution in [-0.4, -0.2) is 55.0 Å². The lowest BCUT2D eigenvalue weighted by atomic mass is 10.0. The highest BCUT2D eigenvalue weighted by molar-refractivity contribution is 5.95. The van der Waals surface area contributed by atoms with Crippen LogP contribution in [0.5, 0.6) is 11.5 Å². The summed E-state index contributed by atoms with van der Waals surface area (Å²) in [6.07, 6.45) is 3.84. The van der Waals surface area contributed by atoms with Gasteiger partial charge in [0.15, 0.2) is 17.3 Å². The Bertz CT molecular complexity index is 1090. The van der Waals surface area contributed by atoms with Gasteiger partial charge in [0.2, 0.25) is 5.91 Å². The summed E-state index contributed by atoms with van der Waals surface area (Å²) in [6.45, 7) is 1.64. The molecule has 1 saturated heterocycles. The molecule has 1 unspecified atom stereocenters. The van der Waals surface area contributed by atoms with Gasteiger partial charge in [-0.3, -0.25) is 9.59 Å². The molecule has 1 aliphatic heterocycles. The molecule has 0 radical (unpaired) electrons. The molecule has 0 aliphatic carbocycles. The van der Waals surface area contributed by atoms with Gasteiger partial charge in [0.1, 0.15) is 6.04 Å². The van der Waals surface area contributed by atoms with E-state index in [0.717, 1.165) is 24.0 Å². The van der Waals surface area contributed by atoms with Gasteiger partial charge in [0.25, 0.3) is 5.91 Å². The molecule has 7 heteroatoms. The first-order valence-electron chi connectivity index (χ1n) is 11.5. The Hall–Kier alpha value is -3.74. The third kappa shape index (κ3) is 5.25. The maximum atomic E-state index is 13.7. The van der Waals surface area contributed by atoms with Crippen molar-refractivity contribution in [2.75, 3.05) is 27.3 Å². The van der Waals surface area contributed by atoms with Crippen molar-refractivity contribution in [2.45, 2.75) is 31.8 Å². The molecule has 2 aromatic carbocycles. The van der Waals surface area contributed by atoms with E-state index in [9.17, 15) is 9.59 Å². The first-order chi connectivity index (χ1) is 16.6. The van der Waals surface area contributed by atoms with Crippen molar-refractivity contribution in [1.82, 2.24) is 9.80 Å². The second kappa shape index (κ2) is 10.9. The second-order valence-corrected chi connectivity index (χ2v) is 8.34. The summed E-state index contributed by atoms with van der Waals surface area (Å²) in [5, 5.41) is 0. The molecule has 7 nitrogen and oxygen atoms in total. The van der Waals surface area contributed by atoms with Gasteiger partial charge in [-0.1, -0.05) is 36.4 Å². The van der Waals surface area contributed by atoms with Crippen molar-refractivity contribution in [1.29, 1.82) is 0 Å². The number of carbonyl (C=O) groups excluding carboxylic acids is 2. The zero-order valence-corrected chi connectivity index (χ0v) is 19.6. The summed E-state index contributed by atoms with van der Waals surface area (Å²) in [4.78, 5) is 30.9. The molecule has 0 spiro atoms. The minimum absolute atomic E-state index is 0.0401. The van der Waals surface area contributed by atoms with Crippen LogP contribution in [-0.2, 0) is 17.8 Å². The van der Waals surface area contributed by atoms with Gasteiger partial charge in [-0.2, -0.15) is 0 Å². The molecule has 1 aliphatic rings. The Kier molecular flexibility index (Phi) is 7.52. The van der Waals surface area contributed by atoms with E-state index in [4.69, 9.17) is 13.9 Å². The molecule has 34 heavy (non-hydrogen) atoms. The number of carbonyl (C=O) groups is 2. The van der Waals surface area contributed by atoms with Gasteiger partial charge in [-0.25, -0.2) is 0 Å². The van der Waals surface area contributed by atoms with Crippen LogP contribution in [0.1, 0.15) is 34.5 Å². The van der Waals surface area contributed by atoms with E-state index in [1.165, 1.54) is 6.26 Å². The van der Waals surface area contributed by atoms with Crippen LogP contribution in [0.15, 0.2) is 71.3 Å². The second-order valence-electron chi connectivity index (χ2n) is 8.34. The van der Waals surface area contributed by atoms with Crippen LogP contribution >= 0.6 is 0 Å². The molecule has 178 valence electrons. The smallest absolute Gasteiger partial charge is 0.290 e. The Labute approximate surface area is 199 Å². The summed E-state index contributed by atoms with van der Waals surface area (Å²) in [5.41, 5.74) is 1.81. The number of furan rings is 1. The SMILES string of the molecule is COc1ccc(CN(C(=O)c2ccco2)C(Cc2ccccc2)C(=O)N2CCCC2)cc1OC. The summed E-state index contributed by atoms with van der Waals surface area (Å²) in [6, 6.07) is 17.9. The van der Waals surface area contributed by atoms with E-state index in [-0.39, 0.29) is 24.1 Å².